The quantitative estimate of drug-likeness (QED) is 0.508. The Hall–Kier alpha value is -1.51. The Kier molecular flexibility index (Phi) is 3.98. The summed E-state index contributed by atoms with van der Waals surface area (Å²) in [4.78, 5) is 13.3. The van der Waals surface area contributed by atoms with Gasteiger partial charge in [0.25, 0.3) is 0 Å². The zero-order valence-corrected chi connectivity index (χ0v) is 8.63. The van der Waals surface area contributed by atoms with Crippen molar-refractivity contribution in [3.8, 4) is 0 Å². The maximum absolute atomic E-state index is 10.1. The molecular weight excluding hydrogens is 176 g/mol. The second-order valence-electron chi connectivity index (χ2n) is 3.04. The number of hydrogen-bond acceptors (Lipinski definition) is 1. The van der Waals surface area contributed by atoms with E-state index in [0.29, 0.717) is 6.54 Å². The second-order valence-corrected chi connectivity index (χ2v) is 3.04. The van der Waals surface area contributed by atoms with Gasteiger partial charge in [0.2, 0.25) is 6.41 Å². The minimum absolute atomic E-state index is 0.686. The Morgan fingerprint density at radius 3 is 2.79 bits per heavy atom. The molecule has 1 heterocycles. The first-order valence-corrected chi connectivity index (χ1v) is 4.79. The van der Waals surface area contributed by atoms with Gasteiger partial charge in [-0.25, -0.2) is 0 Å². The molecule has 1 amide bonds. The van der Waals surface area contributed by atoms with Crippen LogP contribution in [0.15, 0.2) is 6.20 Å². The average molecular weight is 192 g/mol. The maximum atomic E-state index is 10.1. The van der Waals surface area contributed by atoms with E-state index in [1.165, 1.54) is 10.8 Å². The van der Waals surface area contributed by atoms with Crippen LogP contribution in [-0.4, -0.2) is 17.9 Å². The van der Waals surface area contributed by atoms with Crippen molar-refractivity contribution in [1.82, 2.24) is 10.3 Å². The molecule has 0 saturated carbocycles. The molecular formula is C11H16N2O. The average Bonchev–Trinajstić information content (AvgIpc) is 2.60. The molecule has 3 nitrogen and oxygen atoms in total. The first-order valence-electron chi connectivity index (χ1n) is 4.79. The highest BCUT2D eigenvalue weighted by Gasteiger charge is 1.97. The number of aromatic nitrogens is 1. The Balaban J connectivity index is 2.88. The Bertz CT molecular complexity index is 403. The molecule has 0 aliphatic rings. The van der Waals surface area contributed by atoms with Gasteiger partial charge in [-0.2, -0.15) is 0 Å². The van der Waals surface area contributed by atoms with Crippen LogP contribution in [0.4, 0.5) is 0 Å². The molecule has 0 unspecified atom stereocenters. The first kappa shape index (κ1) is 10.6. The predicted octanol–water partition coefficient (Wildman–Crippen LogP) is -0.0960. The third-order valence-corrected chi connectivity index (χ3v) is 2.24. The summed E-state index contributed by atoms with van der Waals surface area (Å²) in [6, 6.07) is 0. The molecule has 0 aliphatic heterocycles. The van der Waals surface area contributed by atoms with E-state index < -0.39 is 0 Å². The summed E-state index contributed by atoms with van der Waals surface area (Å²) in [5.41, 5.74) is 1.25. The van der Waals surface area contributed by atoms with Crippen LogP contribution in [0.3, 0.4) is 0 Å². The molecule has 0 atom stereocenters. The molecule has 3 heteroatoms. The minimum Gasteiger partial charge on any atom is -0.361 e. The molecule has 14 heavy (non-hydrogen) atoms. The number of nitrogens with one attached hydrogen (secondary N) is 2. The second kappa shape index (κ2) is 5.27. The number of aromatic amines is 1. The van der Waals surface area contributed by atoms with Crippen molar-refractivity contribution in [2.45, 2.75) is 20.3 Å². The highest BCUT2D eigenvalue weighted by molar-refractivity contribution is 5.45. The van der Waals surface area contributed by atoms with Gasteiger partial charge in [0.1, 0.15) is 0 Å². The number of hydrogen-bond donors (Lipinski definition) is 2. The molecule has 0 spiro atoms. The molecule has 0 fully saturated rings. The monoisotopic (exact) mass is 192 g/mol. The van der Waals surface area contributed by atoms with Crippen LogP contribution in [0, 0.1) is 0 Å². The van der Waals surface area contributed by atoms with Gasteiger partial charge in [0.05, 0.1) is 0 Å². The van der Waals surface area contributed by atoms with Crippen molar-refractivity contribution in [2.24, 2.45) is 0 Å². The smallest absolute Gasteiger partial charge is 0.207 e. The van der Waals surface area contributed by atoms with E-state index in [9.17, 15) is 4.79 Å². The lowest BCUT2D eigenvalue weighted by Crippen LogP contribution is -2.26. The summed E-state index contributed by atoms with van der Waals surface area (Å²) in [7, 11) is 0. The number of carbonyl (C=O) groups is 1. The highest BCUT2D eigenvalue weighted by atomic mass is 16.1. The lowest BCUT2D eigenvalue weighted by atomic mass is 10.2. The van der Waals surface area contributed by atoms with Crippen LogP contribution in [-0.2, 0) is 11.2 Å². The van der Waals surface area contributed by atoms with Crippen LogP contribution in [0.5, 0.6) is 0 Å². The van der Waals surface area contributed by atoms with E-state index in [1.54, 1.807) is 0 Å². The summed E-state index contributed by atoms with van der Waals surface area (Å²) in [5, 5.41) is 5.04. The molecule has 0 bridgehead atoms. The SMILES string of the molecule is C/C=c1/c(CCNC=O)c[nH]/c1=C/C. The van der Waals surface area contributed by atoms with Gasteiger partial charge in [-0.15, -0.1) is 0 Å². The van der Waals surface area contributed by atoms with Crippen molar-refractivity contribution >= 4 is 18.6 Å². The summed E-state index contributed by atoms with van der Waals surface area (Å²) >= 11 is 0. The van der Waals surface area contributed by atoms with Crippen molar-refractivity contribution in [3.63, 3.8) is 0 Å². The van der Waals surface area contributed by atoms with E-state index in [4.69, 9.17) is 0 Å². The van der Waals surface area contributed by atoms with Crippen LogP contribution in [0.2, 0.25) is 0 Å². The number of rotatable bonds is 4. The Morgan fingerprint density at radius 1 is 1.43 bits per heavy atom. The van der Waals surface area contributed by atoms with E-state index in [2.05, 4.69) is 16.4 Å². The van der Waals surface area contributed by atoms with Crippen LogP contribution >= 0.6 is 0 Å². The molecule has 0 aliphatic carbocycles. The van der Waals surface area contributed by atoms with Crippen molar-refractivity contribution in [2.75, 3.05) is 6.54 Å². The Labute approximate surface area is 83.5 Å². The van der Waals surface area contributed by atoms with Gasteiger partial charge in [-0.3, -0.25) is 4.79 Å². The first-order chi connectivity index (χ1) is 6.83. The molecule has 0 aromatic carbocycles. The summed E-state index contributed by atoms with van der Waals surface area (Å²) in [6.07, 6.45) is 7.73. The summed E-state index contributed by atoms with van der Waals surface area (Å²) in [6.45, 7) is 4.71. The molecule has 0 saturated heterocycles. The van der Waals surface area contributed by atoms with Gasteiger partial charge in [-0.1, -0.05) is 12.2 Å². The molecule has 1 aromatic heterocycles. The largest absolute Gasteiger partial charge is 0.361 e. The Morgan fingerprint density at radius 2 is 2.21 bits per heavy atom. The molecule has 76 valence electrons. The summed E-state index contributed by atoms with van der Waals surface area (Å²) in [5.74, 6) is 0. The van der Waals surface area contributed by atoms with Crippen molar-refractivity contribution in [1.29, 1.82) is 0 Å². The van der Waals surface area contributed by atoms with Crippen LogP contribution < -0.4 is 15.9 Å². The normalized spacial score (nSPS) is 13.3. The lowest BCUT2D eigenvalue weighted by molar-refractivity contribution is -0.109. The number of carbonyl (C=O) groups excluding carboxylic acids is 1. The lowest BCUT2D eigenvalue weighted by Gasteiger charge is -1.95. The summed E-state index contributed by atoms with van der Waals surface area (Å²) < 4.78 is 0. The number of amides is 1. The zero-order valence-electron chi connectivity index (χ0n) is 8.63. The fourth-order valence-electron chi connectivity index (χ4n) is 1.55. The predicted molar refractivity (Wildman–Crippen MR) is 58.1 cm³/mol. The van der Waals surface area contributed by atoms with E-state index in [0.717, 1.165) is 18.2 Å². The number of H-pyrrole nitrogens is 1. The molecule has 2 N–H and O–H groups in total. The van der Waals surface area contributed by atoms with Gasteiger partial charge in [0.15, 0.2) is 0 Å². The fraction of sp³-hybridized carbons (Fsp3) is 0.364. The van der Waals surface area contributed by atoms with Crippen molar-refractivity contribution < 1.29 is 4.79 Å². The zero-order chi connectivity index (χ0) is 10.4. The van der Waals surface area contributed by atoms with Crippen molar-refractivity contribution in [3.05, 3.63) is 22.3 Å². The molecule has 0 radical (unpaired) electrons. The third kappa shape index (κ3) is 2.25. The van der Waals surface area contributed by atoms with E-state index in [-0.39, 0.29) is 0 Å². The third-order valence-electron chi connectivity index (χ3n) is 2.24. The van der Waals surface area contributed by atoms with Gasteiger partial charge >= 0.3 is 0 Å². The topological polar surface area (TPSA) is 44.9 Å². The van der Waals surface area contributed by atoms with Gasteiger partial charge < -0.3 is 10.3 Å². The molecule has 1 aromatic rings. The van der Waals surface area contributed by atoms with Crippen LogP contribution in [0.1, 0.15) is 19.4 Å². The standard InChI is InChI=1S/C11H16N2O/c1-3-10-9(5-6-12-8-14)7-13-11(10)4-2/h3-4,7-8,13H,5-6H2,1-2H3,(H,12,14)/b10-3-,11-4+. The van der Waals surface area contributed by atoms with Gasteiger partial charge in [-0.05, 0) is 31.1 Å². The van der Waals surface area contributed by atoms with Crippen LogP contribution in [0.25, 0.3) is 12.2 Å². The highest BCUT2D eigenvalue weighted by Crippen LogP contribution is 1.87. The fourth-order valence-corrected chi connectivity index (χ4v) is 1.55. The van der Waals surface area contributed by atoms with E-state index in [1.807, 2.05) is 26.1 Å². The molecule has 1 rings (SSSR count). The minimum atomic E-state index is 0.686. The maximum Gasteiger partial charge on any atom is 0.207 e. The van der Waals surface area contributed by atoms with E-state index >= 15 is 0 Å². The van der Waals surface area contributed by atoms with Gasteiger partial charge in [0, 0.05) is 18.1 Å².